The van der Waals surface area contributed by atoms with Gasteiger partial charge in [0.25, 0.3) is 0 Å². The van der Waals surface area contributed by atoms with Crippen molar-refractivity contribution in [3.05, 3.63) is 58.5 Å². The second kappa shape index (κ2) is 6.34. The predicted molar refractivity (Wildman–Crippen MR) is 104 cm³/mol. The zero-order valence-corrected chi connectivity index (χ0v) is 15.6. The number of benzene rings is 1. The summed E-state index contributed by atoms with van der Waals surface area (Å²) in [7, 11) is 0. The summed E-state index contributed by atoms with van der Waals surface area (Å²) in [4.78, 5) is 13.9. The molecule has 0 saturated carbocycles. The minimum Gasteiger partial charge on any atom is -0.393 e. The number of aliphatic hydroxyl groups excluding tert-OH is 1. The van der Waals surface area contributed by atoms with E-state index in [2.05, 4.69) is 15.0 Å². The minimum absolute atomic E-state index is 0.419. The van der Waals surface area contributed by atoms with E-state index in [9.17, 15) is 5.11 Å². The first-order chi connectivity index (χ1) is 12.4. The lowest BCUT2D eigenvalue weighted by molar-refractivity contribution is 0.195. The molecule has 0 aliphatic rings. The van der Waals surface area contributed by atoms with Gasteiger partial charge in [-0.2, -0.15) is 0 Å². The van der Waals surface area contributed by atoms with Gasteiger partial charge in [0.05, 0.1) is 28.5 Å². The molecule has 0 spiro atoms. The SMILES string of the molecule is Cc1ccc2nc(C)c3cnc(-c4cc(CC(C)O)ccc4Cl)n3c2n1. The summed E-state index contributed by atoms with van der Waals surface area (Å²) in [5, 5.41) is 10.3. The van der Waals surface area contributed by atoms with Crippen LogP contribution in [-0.4, -0.2) is 30.6 Å². The summed E-state index contributed by atoms with van der Waals surface area (Å²) in [5.74, 6) is 0.728. The van der Waals surface area contributed by atoms with E-state index in [4.69, 9.17) is 11.6 Å². The van der Waals surface area contributed by atoms with Gasteiger partial charge in [0.15, 0.2) is 5.65 Å². The fraction of sp³-hybridized carbons (Fsp3) is 0.250. The van der Waals surface area contributed by atoms with Crippen LogP contribution in [0, 0.1) is 13.8 Å². The van der Waals surface area contributed by atoms with Gasteiger partial charge < -0.3 is 5.11 Å². The van der Waals surface area contributed by atoms with E-state index in [1.165, 1.54) is 0 Å². The molecule has 1 unspecified atom stereocenters. The molecule has 0 radical (unpaired) electrons. The lowest BCUT2D eigenvalue weighted by atomic mass is 10.1. The third kappa shape index (κ3) is 2.83. The molecule has 26 heavy (non-hydrogen) atoms. The van der Waals surface area contributed by atoms with Crippen LogP contribution >= 0.6 is 11.6 Å². The molecule has 0 saturated heterocycles. The van der Waals surface area contributed by atoms with Gasteiger partial charge in [-0.15, -0.1) is 0 Å². The summed E-state index contributed by atoms with van der Waals surface area (Å²) in [6, 6.07) is 9.69. The Balaban J connectivity index is 2.04. The summed E-state index contributed by atoms with van der Waals surface area (Å²) in [5.41, 5.74) is 6.11. The Bertz CT molecular complexity index is 1130. The van der Waals surface area contributed by atoms with Crippen molar-refractivity contribution < 1.29 is 5.11 Å². The quantitative estimate of drug-likeness (QED) is 0.592. The smallest absolute Gasteiger partial charge is 0.165 e. The fourth-order valence-electron chi connectivity index (χ4n) is 3.25. The molecule has 132 valence electrons. The van der Waals surface area contributed by atoms with Crippen LogP contribution in [0.3, 0.4) is 0 Å². The van der Waals surface area contributed by atoms with Crippen molar-refractivity contribution in [3.63, 3.8) is 0 Å². The molecule has 5 nitrogen and oxygen atoms in total. The van der Waals surface area contributed by atoms with Crippen molar-refractivity contribution in [3.8, 4) is 11.4 Å². The van der Waals surface area contributed by atoms with Crippen LogP contribution in [-0.2, 0) is 6.42 Å². The molecule has 1 aromatic carbocycles. The van der Waals surface area contributed by atoms with Gasteiger partial charge >= 0.3 is 0 Å². The third-order valence-electron chi connectivity index (χ3n) is 4.43. The van der Waals surface area contributed by atoms with Gasteiger partial charge in [-0.05, 0) is 57.0 Å². The number of rotatable bonds is 3. The topological polar surface area (TPSA) is 63.3 Å². The Morgan fingerprint density at radius 2 is 1.96 bits per heavy atom. The highest BCUT2D eigenvalue weighted by molar-refractivity contribution is 6.33. The average molecular weight is 367 g/mol. The number of hydrogen-bond donors (Lipinski definition) is 1. The average Bonchev–Trinajstić information content (AvgIpc) is 3.03. The van der Waals surface area contributed by atoms with Gasteiger partial charge in [0.1, 0.15) is 11.3 Å². The molecular weight excluding hydrogens is 348 g/mol. The van der Waals surface area contributed by atoms with Crippen LogP contribution in [0.1, 0.15) is 23.9 Å². The molecule has 0 aliphatic carbocycles. The van der Waals surface area contributed by atoms with Crippen LogP contribution in [0.15, 0.2) is 36.5 Å². The maximum absolute atomic E-state index is 9.70. The van der Waals surface area contributed by atoms with Gasteiger partial charge in [-0.25, -0.2) is 15.0 Å². The molecule has 1 atom stereocenters. The van der Waals surface area contributed by atoms with Crippen molar-refractivity contribution in [1.82, 2.24) is 19.4 Å². The highest BCUT2D eigenvalue weighted by atomic mass is 35.5. The predicted octanol–water partition coefficient (Wildman–Crippen LogP) is 4.14. The van der Waals surface area contributed by atoms with Crippen LogP contribution in [0.25, 0.3) is 28.1 Å². The molecule has 0 bridgehead atoms. The zero-order chi connectivity index (χ0) is 18.4. The highest BCUT2D eigenvalue weighted by Crippen LogP contribution is 2.31. The molecule has 4 aromatic rings. The fourth-order valence-corrected chi connectivity index (χ4v) is 3.45. The van der Waals surface area contributed by atoms with Crippen LogP contribution in [0.5, 0.6) is 0 Å². The summed E-state index contributed by atoms with van der Waals surface area (Å²) >= 11 is 6.49. The Labute approximate surface area is 156 Å². The molecule has 3 heterocycles. The number of aryl methyl sites for hydroxylation is 2. The monoisotopic (exact) mass is 366 g/mol. The maximum Gasteiger partial charge on any atom is 0.165 e. The molecule has 0 aliphatic heterocycles. The molecule has 4 rings (SSSR count). The lowest BCUT2D eigenvalue weighted by Gasteiger charge is -2.11. The number of pyridine rings is 1. The molecular formula is C20H19ClN4O. The molecule has 0 amide bonds. The Kier molecular flexibility index (Phi) is 4.13. The number of fused-ring (bicyclic) bond motifs is 3. The first kappa shape index (κ1) is 16.9. The second-order valence-electron chi connectivity index (χ2n) is 6.66. The number of nitrogens with zero attached hydrogens (tertiary/aromatic N) is 4. The van der Waals surface area contributed by atoms with Crippen LogP contribution in [0.4, 0.5) is 0 Å². The number of imidazole rings is 1. The zero-order valence-electron chi connectivity index (χ0n) is 14.9. The van der Waals surface area contributed by atoms with Crippen molar-refractivity contribution >= 4 is 28.3 Å². The number of aliphatic hydroxyl groups is 1. The first-order valence-corrected chi connectivity index (χ1v) is 8.90. The van der Waals surface area contributed by atoms with Crippen LogP contribution < -0.4 is 0 Å². The lowest BCUT2D eigenvalue weighted by Crippen LogP contribution is -2.05. The Morgan fingerprint density at radius 3 is 2.73 bits per heavy atom. The van der Waals surface area contributed by atoms with Gasteiger partial charge in [-0.3, -0.25) is 4.40 Å². The van der Waals surface area contributed by atoms with E-state index in [-0.39, 0.29) is 0 Å². The summed E-state index contributed by atoms with van der Waals surface area (Å²) < 4.78 is 2.01. The van der Waals surface area contributed by atoms with Gasteiger partial charge in [0, 0.05) is 11.3 Å². The van der Waals surface area contributed by atoms with Crippen molar-refractivity contribution in [2.45, 2.75) is 33.3 Å². The summed E-state index contributed by atoms with van der Waals surface area (Å²) in [6.45, 7) is 5.69. The normalized spacial score (nSPS) is 12.8. The minimum atomic E-state index is -0.419. The van der Waals surface area contributed by atoms with Crippen molar-refractivity contribution in [2.75, 3.05) is 0 Å². The largest absolute Gasteiger partial charge is 0.393 e. The number of aromatic nitrogens is 4. The third-order valence-corrected chi connectivity index (χ3v) is 4.76. The van der Waals surface area contributed by atoms with Gasteiger partial charge in [-0.1, -0.05) is 17.7 Å². The summed E-state index contributed by atoms with van der Waals surface area (Å²) in [6.07, 6.45) is 1.95. The van der Waals surface area contributed by atoms with E-state index in [1.807, 2.05) is 48.6 Å². The molecule has 3 aromatic heterocycles. The standard InChI is InChI=1S/C20H19ClN4O/c1-11-4-7-17-20(23-11)25-18(13(3)24-17)10-22-19(25)15-9-14(8-12(2)26)5-6-16(15)21/h4-7,9-10,12,26H,8H2,1-3H3. The first-order valence-electron chi connectivity index (χ1n) is 8.52. The highest BCUT2D eigenvalue weighted by Gasteiger charge is 2.16. The number of hydrogen-bond acceptors (Lipinski definition) is 4. The molecule has 6 heteroatoms. The van der Waals surface area contributed by atoms with E-state index < -0.39 is 6.10 Å². The van der Waals surface area contributed by atoms with E-state index in [0.29, 0.717) is 11.4 Å². The number of halogens is 1. The van der Waals surface area contributed by atoms with E-state index in [0.717, 1.165) is 45.0 Å². The van der Waals surface area contributed by atoms with E-state index >= 15 is 0 Å². The van der Waals surface area contributed by atoms with Crippen LogP contribution in [0.2, 0.25) is 5.02 Å². The molecule has 0 fully saturated rings. The maximum atomic E-state index is 9.70. The Morgan fingerprint density at radius 1 is 1.15 bits per heavy atom. The Hall–Kier alpha value is -2.50. The van der Waals surface area contributed by atoms with Crippen molar-refractivity contribution in [1.29, 1.82) is 0 Å². The van der Waals surface area contributed by atoms with E-state index in [1.54, 1.807) is 13.1 Å². The van der Waals surface area contributed by atoms with Crippen molar-refractivity contribution in [2.24, 2.45) is 0 Å². The second-order valence-corrected chi connectivity index (χ2v) is 7.07. The van der Waals surface area contributed by atoms with Gasteiger partial charge in [0.2, 0.25) is 0 Å². The molecule has 1 N–H and O–H groups in total.